The van der Waals surface area contributed by atoms with Crippen LogP contribution in [0.25, 0.3) is 11.3 Å². The molecular weight excluding hydrogens is 463 g/mol. The van der Waals surface area contributed by atoms with E-state index in [1.165, 1.54) is 29.3 Å². The second kappa shape index (κ2) is 8.92. The second-order valence-electron chi connectivity index (χ2n) is 9.24. The number of fused-ring (bicyclic) bond motifs is 1. The van der Waals surface area contributed by atoms with Gasteiger partial charge in [0.15, 0.2) is 0 Å². The van der Waals surface area contributed by atoms with Gasteiger partial charge in [-0.25, -0.2) is 13.4 Å². The Kier molecular flexibility index (Phi) is 5.92. The molecule has 0 saturated carbocycles. The predicted molar refractivity (Wildman–Crippen MR) is 134 cm³/mol. The number of anilines is 1. The van der Waals surface area contributed by atoms with Crippen molar-refractivity contribution in [1.82, 2.24) is 14.8 Å². The Morgan fingerprint density at radius 1 is 1.06 bits per heavy atom. The number of benzene rings is 2. The molecule has 5 rings (SSSR count). The maximum absolute atomic E-state index is 13.4. The third kappa shape index (κ3) is 4.46. The predicted octanol–water partition coefficient (Wildman–Crippen LogP) is 5.62. The van der Waals surface area contributed by atoms with Crippen molar-refractivity contribution >= 4 is 15.8 Å². The van der Waals surface area contributed by atoms with Gasteiger partial charge in [0, 0.05) is 24.7 Å². The lowest BCUT2D eigenvalue weighted by Gasteiger charge is -2.20. The van der Waals surface area contributed by atoms with Gasteiger partial charge < -0.3 is 0 Å². The highest BCUT2D eigenvalue weighted by Crippen LogP contribution is 2.43. The monoisotopic (exact) mass is 490 g/mol. The highest BCUT2D eigenvalue weighted by atomic mass is 32.2. The summed E-state index contributed by atoms with van der Waals surface area (Å²) < 4.78 is 43.5. The summed E-state index contributed by atoms with van der Waals surface area (Å²) in [5.74, 6) is -0.227. The fourth-order valence-corrected chi connectivity index (χ4v) is 5.89. The normalized spacial score (nSPS) is 15.4. The van der Waals surface area contributed by atoms with Crippen molar-refractivity contribution in [1.29, 1.82) is 0 Å². The number of halogens is 1. The molecule has 6 nitrogen and oxygen atoms in total. The Morgan fingerprint density at radius 3 is 2.57 bits per heavy atom. The molecule has 180 valence electrons. The van der Waals surface area contributed by atoms with E-state index in [9.17, 15) is 12.8 Å². The minimum atomic E-state index is -3.89. The van der Waals surface area contributed by atoms with Gasteiger partial charge in [-0.1, -0.05) is 38.1 Å². The summed E-state index contributed by atoms with van der Waals surface area (Å²) >= 11 is 0. The van der Waals surface area contributed by atoms with Crippen LogP contribution in [0.15, 0.2) is 71.8 Å². The maximum atomic E-state index is 13.4. The Labute approximate surface area is 204 Å². The summed E-state index contributed by atoms with van der Waals surface area (Å²) in [6.45, 7) is 4.37. The molecular formula is C27H27FN4O2S. The molecule has 0 spiro atoms. The van der Waals surface area contributed by atoms with E-state index in [4.69, 9.17) is 0 Å². The van der Waals surface area contributed by atoms with Crippen LogP contribution in [0.4, 0.5) is 10.2 Å². The topological polar surface area (TPSA) is 76.9 Å². The number of aryl methyl sites for hydroxylation is 2. The third-order valence-electron chi connectivity index (χ3n) is 6.67. The van der Waals surface area contributed by atoms with Crippen molar-refractivity contribution in [3.63, 3.8) is 0 Å². The minimum absolute atomic E-state index is 0.0468. The van der Waals surface area contributed by atoms with Crippen LogP contribution in [0, 0.1) is 5.95 Å². The number of nitrogens with zero attached hydrogens (tertiary/aromatic N) is 3. The lowest BCUT2D eigenvalue weighted by Crippen LogP contribution is -2.14. The van der Waals surface area contributed by atoms with Gasteiger partial charge >= 0.3 is 0 Å². The number of hydrogen-bond donors (Lipinski definition) is 1. The van der Waals surface area contributed by atoms with Gasteiger partial charge in [-0.3, -0.25) is 9.40 Å². The molecule has 0 fully saturated rings. The van der Waals surface area contributed by atoms with Crippen molar-refractivity contribution in [2.75, 3.05) is 4.72 Å². The second-order valence-corrected chi connectivity index (χ2v) is 10.9. The zero-order chi connectivity index (χ0) is 24.7. The average molecular weight is 491 g/mol. The molecule has 0 bridgehead atoms. The molecule has 2 aromatic carbocycles. The van der Waals surface area contributed by atoms with Crippen LogP contribution >= 0.6 is 0 Å². The Bertz CT molecular complexity index is 1510. The number of nitrogens with one attached hydrogen (secondary N) is 1. The number of rotatable bonds is 6. The van der Waals surface area contributed by atoms with Crippen LogP contribution < -0.4 is 4.72 Å². The molecule has 0 aliphatic heterocycles. The molecule has 35 heavy (non-hydrogen) atoms. The average Bonchev–Trinajstić information content (AvgIpc) is 3.44. The zero-order valence-electron chi connectivity index (χ0n) is 19.9. The van der Waals surface area contributed by atoms with Crippen LogP contribution in [0.1, 0.15) is 54.4 Å². The lowest BCUT2D eigenvalue weighted by molar-refractivity contribution is 0.584. The molecule has 0 radical (unpaired) electrons. The Balaban J connectivity index is 1.51. The standard InChI is InChI=1S/C27H27FN4O2S/c1-17(2)18-7-10-23(24(16-18)25-13-14-29-32(25)3)22-11-8-19-15-20(9-12-21(19)22)35(33,34)31-27-6-4-5-26(28)30-27/h4-7,9-10,12-17,22H,8,11H2,1-3H3,(H,30,31)/t22-/m1/s1. The maximum Gasteiger partial charge on any atom is 0.263 e. The van der Waals surface area contributed by atoms with Crippen molar-refractivity contribution in [3.05, 3.63) is 95.1 Å². The molecule has 0 amide bonds. The van der Waals surface area contributed by atoms with Crippen LogP contribution in [0.5, 0.6) is 0 Å². The van der Waals surface area contributed by atoms with Crippen molar-refractivity contribution in [3.8, 4) is 11.3 Å². The fourth-order valence-electron chi connectivity index (χ4n) is 4.84. The van der Waals surface area contributed by atoms with Gasteiger partial charge in [0.2, 0.25) is 5.95 Å². The van der Waals surface area contributed by atoms with E-state index in [2.05, 4.69) is 46.9 Å². The molecule has 1 N–H and O–H groups in total. The summed E-state index contributed by atoms with van der Waals surface area (Å²) in [7, 11) is -1.94. The van der Waals surface area contributed by atoms with Crippen molar-refractivity contribution in [2.45, 2.75) is 43.4 Å². The van der Waals surface area contributed by atoms with E-state index in [0.29, 0.717) is 5.92 Å². The molecule has 1 aliphatic rings. The van der Waals surface area contributed by atoms with Crippen molar-refractivity contribution in [2.24, 2.45) is 7.05 Å². The van der Waals surface area contributed by atoms with Crippen LogP contribution in [-0.2, 0) is 23.5 Å². The number of pyridine rings is 1. The van der Waals surface area contributed by atoms with Crippen LogP contribution in [0.2, 0.25) is 0 Å². The third-order valence-corrected chi connectivity index (χ3v) is 8.03. The smallest absolute Gasteiger partial charge is 0.263 e. The molecule has 2 aromatic heterocycles. The zero-order valence-corrected chi connectivity index (χ0v) is 20.7. The highest BCUT2D eigenvalue weighted by molar-refractivity contribution is 7.92. The summed E-state index contributed by atoms with van der Waals surface area (Å²) in [6.07, 6.45) is 3.48. The molecule has 8 heteroatoms. The van der Waals surface area contributed by atoms with Crippen LogP contribution in [-0.4, -0.2) is 23.2 Å². The summed E-state index contributed by atoms with van der Waals surface area (Å²) in [6, 6.07) is 17.9. The van der Waals surface area contributed by atoms with Gasteiger partial charge in [-0.2, -0.15) is 9.49 Å². The first-order valence-corrected chi connectivity index (χ1v) is 13.1. The summed E-state index contributed by atoms with van der Waals surface area (Å²) in [4.78, 5) is 3.75. The number of hydrogen-bond acceptors (Lipinski definition) is 4. The Hall–Kier alpha value is -3.52. The van der Waals surface area contributed by atoms with E-state index < -0.39 is 16.0 Å². The highest BCUT2D eigenvalue weighted by Gasteiger charge is 2.29. The molecule has 0 saturated heterocycles. The number of aromatic nitrogens is 3. The van der Waals surface area contributed by atoms with E-state index >= 15 is 0 Å². The van der Waals surface area contributed by atoms with Gasteiger partial charge in [-0.15, -0.1) is 0 Å². The molecule has 1 atom stereocenters. The molecule has 0 unspecified atom stereocenters. The summed E-state index contributed by atoms with van der Waals surface area (Å²) in [5.41, 5.74) is 6.84. The molecule has 2 heterocycles. The van der Waals surface area contributed by atoms with Gasteiger partial charge in [0.05, 0.1) is 10.6 Å². The van der Waals surface area contributed by atoms with E-state index in [0.717, 1.165) is 35.2 Å². The lowest BCUT2D eigenvalue weighted by atomic mass is 9.86. The van der Waals surface area contributed by atoms with Gasteiger partial charge in [0.1, 0.15) is 5.82 Å². The minimum Gasteiger partial charge on any atom is -0.268 e. The largest absolute Gasteiger partial charge is 0.268 e. The first-order valence-electron chi connectivity index (χ1n) is 11.6. The van der Waals surface area contributed by atoms with E-state index in [1.54, 1.807) is 18.3 Å². The molecule has 1 aliphatic carbocycles. The van der Waals surface area contributed by atoms with E-state index in [1.807, 2.05) is 23.9 Å². The quantitative estimate of drug-likeness (QED) is 0.356. The van der Waals surface area contributed by atoms with Gasteiger partial charge in [0.25, 0.3) is 10.0 Å². The Morgan fingerprint density at radius 2 is 1.86 bits per heavy atom. The van der Waals surface area contributed by atoms with Gasteiger partial charge in [-0.05, 0) is 77.4 Å². The fraction of sp³-hybridized carbons (Fsp3) is 0.259. The van der Waals surface area contributed by atoms with E-state index in [-0.39, 0.29) is 16.6 Å². The van der Waals surface area contributed by atoms with Crippen LogP contribution in [0.3, 0.4) is 0 Å². The first-order chi connectivity index (χ1) is 16.7. The van der Waals surface area contributed by atoms with Crippen molar-refractivity contribution < 1.29 is 12.8 Å². The molecule has 4 aromatic rings. The number of sulfonamides is 1. The summed E-state index contributed by atoms with van der Waals surface area (Å²) in [5, 5.41) is 4.37. The SMILES string of the molecule is CC(C)c1ccc([C@@H]2CCc3cc(S(=O)(=O)Nc4cccc(F)n4)ccc32)c(-c2ccnn2C)c1. The first kappa shape index (κ1) is 23.2.